The van der Waals surface area contributed by atoms with Gasteiger partial charge in [-0.2, -0.15) is 0 Å². The Morgan fingerprint density at radius 3 is 3.07 bits per heavy atom. The molecule has 0 aliphatic heterocycles. The Kier molecular flexibility index (Phi) is 1.59. The van der Waals surface area contributed by atoms with Crippen LogP contribution < -0.4 is 0 Å². The van der Waals surface area contributed by atoms with E-state index in [4.69, 9.17) is 18.8 Å². The third kappa shape index (κ3) is 1.29. The Balaban J connectivity index is 2.62. The van der Waals surface area contributed by atoms with E-state index in [-0.39, 0.29) is 0 Å². The SMILES string of the molecule is [2H]c1cc(Cl)c2oc3ccc([2H])c(Br)c3c2c1. The van der Waals surface area contributed by atoms with Crippen molar-refractivity contribution >= 4 is 49.5 Å². The maximum Gasteiger partial charge on any atom is 0.154 e. The first-order chi connectivity index (χ1) is 8.08. The van der Waals surface area contributed by atoms with Crippen LogP contribution in [0.15, 0.2) is 45.2 Å². The van der Waals surface area contributed by atoms with Crippen LogP contribution in [0.4, 0.5) is 0 Å². The molecule has 0 radical (unpaired) electrons. The Morgan fingerprint density at radius 1 is 1.33 bits per heavy atom. The van der Waals surface area contributed by atoms with Crippen LogP contribution in [0.25, 0.3) is 21.9 Å². The number of fused-ring (bicyclic) bond motifs is 3. The summed E-state index contributed by atoms with van der Waals surface area (Å²) in [4.78, 5) is 0. The molecule has 3 rings (SSSR count). The van der Waals surface area contributed by atoms with Gasteiger partial charge in [-0.05, 0) is 18.2 Å². The normalized spacial score (nSPS) is 13.2. The van der Waals surface area contributed by atoms with Crippen molar-refractivity contribution in [2.24, 2.45) is 0 Å². The molecule has 1 heterocycles. The summed E-state index contributed by atoms with van der Waals surface area (Å²) in [6.07, 6.45) is 0. The first kappa shape index (κ1) is 7.31. The first-order valence-corrected chi connectivity index (χ1v) is 5.52. The number of para-hydroxylation sites is 1. The molecule has 0 fully saturated rings. The summed E-state index contributed by atoms with van der Waals surface area (Å²) in [6.45, 7) is 0. The minimum Gasteiger partial charge on any atom is -0.454 e. The van der Waals surface area contributed by atoms with Gasteiger partial charge in [-0.25, -0.2) is 0 Å². The molecule has 15 heavy (non-hydrogen) atoms. The molecule has 1 aromatic heterocycles. The average Bonchev–Trinajstić information content (AvgIpc) is 2.63. The van der Waals surface area contributed by atoms with Crippen LogP contribution in [-0.4, -0.2) is 0 Å². The minimum atomic E-state index is 0.326. The summed E-state index contributed by atoms with van der Waals surface area (Å²) in [7, 11) is 0. The molecule has 3 aromatic rings. The van der Waals surface area contributed by atoms with Crippen LogP contribution in [0.3, 0.4) is 0 Å². The minimum absolute atomic E-state index is 0.326. The number of hydrogen-bond donors (Lipinski definition) is 0. The van der Waals surface area contributed by atoms with E-state index in [1.54, 1.807) is 24.3 Å². The fourth-order valence-corrected chi connectivity index (χ4v) is 2.39. The molecular formula is C12H6BrClO. The molecule has 0 aliphatic carbocycles. The van der Waals surface area contributed by atoms with Crippen molar-refractivity contribution in [3.8, 4) is 0 Å². The third-order valence-electron chi connectivity index (χ3n) is 2.29. The van der Waals surface area contributed by atoms with Gasteiger partial charge in [0, 0.05) is 15.2 Å². The first-order valence-electron chi connectivity index (χ1n) is 5.35. The molecule has 3 heteroatoms. The maximum absolute atomic E-state index is 7.75. The maximum atomic E-state index is 7.75. The van der Waals surface area contributed by atoms with E-state index in [9.17, 15) is 0 Å². The quantitative estimate of drug-likeness (QED) is 0.566. The summed E-state index contributed by atoms with van der Waals surface area (Å²) in [5, 5.41) is 1.98. The van der Waals surface area contributed by atoms with Crippen molar-refractivity contribution in [3.63, 3.8) is 0 Å². The van der Waals surface area contributed by atoms with Gasteiger partial charge in [-0.15, -0.1) is 0 Å². The van der Waals surface area contributed by atoms with E-state index < -0.39 is 0 Å². The zero-order valence-electron chi connectivity index (χ0n) is 9.47. The second-order valence-corrected chi connectivity index (χ2v) is 4.38. The molecule has 0 saturated carbocycles. The lowest BCUT2D eigenvalue weighted by Crippen LogP contribution is -1.68. The van der Waals surface area contributed by atoms with Gasteiger partial charge in [0.25, 0.3) is 0 Å². The summed E-state index contributed by atoms with van der Waals surface area (Å²) in [6, 6.07) is 7.34. The van der Waals surface area contributed by atoms with Gasteiger partial charge in [0.05, 0.1) is 7.76 Å². The zero-order valence-corrected chi connectivity index (χ0v) is 9.82. The molecule has 0 spiro atoms. The van der Waals surface area contributed by atoms with E-state index in [0.717, 1.165) is 10.8 Å². The van der Waals surface area contributed by atoms with Gasteiger partial charge in [-0.3, -0.25) is 0 Å². The molecule has 1 nitrogen and oxygen atoms in total. The Hall–Kier alpha value is -0.990. The van der Waals surface area contributed by atoms with Gasteiger partial charge >= 0.3 is 0 Å². The smallest absolute Gasteiger partial charge is 0.154 e. The van der Waals surface area contributed by atoms with E-state index in [1.165, 1.54) is 0 Å². The van der Waals surface area contributed by atoms with Gasteiger partial charge in [0.15, 0.2) is 5.58 Å². The average molecular weight is 284 g/mol. The van der Waals surface area contributed by atoms with Gasteiger partial charge in [0.2, 0.25) is 0 Å². The van der Waals surface area contributed by atoms with Gasteiger partial charge < -0.3 is 4.42 Å². The second kappa shape index (κ2) is 3.26. The van der Waals surface area contributed by atoms with Crippen molar-refractivity contribution in [2.75, 3.05) is 0 Å². The van der Waals surface area contributed by atoms with Crippen molar-refractivity contribution in [3.05, 3.63) is 45.8 Å². The summed E-state index contributed by atoms with van der Waals surface area (Å²) in [5.41, 5.74) is 1.22. The summed E-state index contributed by atoms with van der Waals surface area (Å²) in [5.74, 6) is 0. The predicted molar refractivity (Wildman–Crippen MR) is 66.4 cm³/mol. The Labute approximate surface area is 103 Å². The van der Waals surface area contributed by atoms with Crippen molar-refractivity contribution in [1.29, 1.82) is 0 Å². The van der Waals surface area contributed by atoms with Crippen molar-refractivity contribution in [2.45, 2.75) is 0 Å². The van der Waals surface area contributed by atoms with Crippen molar-refractivity contribution in [1.82, 2.24) is 0 Å². The molecule has 0 aliphatic rings. The van der Waals surface area contributed by atoms with Crippen LogP contribution in [-0.2, 0) is 0 Å². The third-order valence-corrected chi connectivity index (χ3v) is 3.20. The molecule has 0 unspecified atom stereocenters. The topological polar surface area (TPSA) is 13.1 Å². The number of furan rings is 1. The highest BCUT2D eigenvalue weighted by molar-refractivity contribution is 9.10. The lowest BCUT2D eigenvalue weighted by Gasteiger charge is -1.92. The van der Waals surface area contributed by atoms with Crippen LogP contribution in [0.5, 0.6) is 0 Å². The highest BCUT2D eigenvalue weighted by atomic mass is 79.9. The molecular weight excluding hydrogens is 275 g/mol. The van der Waals surface area contributed by atoms with E-state index in [0.29, 0.717) is 32.7 Å². The summed E-state index contributed by atoms with van der Waals surface area (Å²) >= 11 is 9.43. The molecule has 0 N–H and O–H groups in total. The van der Waals surface area contributed by atoms with E-state index in [1.807, 2.05) is 0 Å². The second-order valence-electron chi connectivity index (χ2n) is 3.18. The van der Waals surface area contributed by atoms with Crippen LogP contribution >= 0.6 is 27.5 Å². The largest absolute Gasteiger partial charge is 0.454 e. The lowest BCUT2D eigenvalue weighted by atomic mass is 10.1. The number of benzene rings is 2. The monoisotopic (exact) mass is 282 g/mol. The highest BCUT2D eigenvalue weighted by Crippen LogP contribution is 2.36. The van der Waals surface area contributed by atoms with Crippen LogP contribution in [0.1, 0.15) is 2.74 Å². The molecule has 0 saturated heterocycles. The molecule has 74 valence electrons. The fourth-order valence-electron chi connectivity index (χ4n) is 1.65. The summed E-state index contributed by atoms with van der Waals surface area (Å²) < 4.78 is 21.7. The fraction of sp³-hybridized carbons (Fsp3) is 0. The number of rotatable bonds is 0. The molecule has 0 atom stereocenters. The number of hydrogen-bond acceptors (Lipinski definition) is 1. The lowest BCUT2D eigenvalue weighted by molar-refractivity contribution is 0.669. The standard InChI is InChI=1S/C12H6BrClO/c13-8-4-2-6-10-11(8)7-3-1-5-9(14)12(7)15-10/h1-6H/i1D,4D. The predicted octanol–water partition coefficient (Wildman–Crippen LogP) is 5.00. The van der Waals surface area contributed by atoms with Crippen LogP contribution in [0, 0.1) is 0 Å². The molecule has 2 aromatic carbocycles. The Morgan fingerprint density at radius 2 is 2.20 bits per heavy atom. The van der Waals surface area contributed by atoms with Crippen LogP contribution in [0.2, 0.25) is 5.02 Å². The number of halogens is 2. The zero-order chi connectivity index (χ0) is 12.2. The van der Waals surface area contributed by atoms with E-state index in [2.05, 4.69) is 15.9 Å². The van der Waals surface area contributed by atoms with Gasteiger partial charge in [-0.1, -0.05) is 45.7 Å². The van der Waals surface area contributed by atoms with Gasteiger partial charge in [0.1, 0.15) is 5.58 Å². The Bertz CT molecular complexity index is 751. The highest BCUT2D eigenvalue weighted by Gasteiger charge is 2.11. The van der Waals surface area contributed by atoms with Crippen molar-refractivity contribution < 1.29 is 7.16 Å². The van der Waals surface area contributed by atoms with E-state index >= 15 is 0 Å². The molecule has 0 bridgehead atoms. The molecule has 0 amide bonds.